The quantitative estimate of drug-likeness (QED) is 0.894. The molecule has 0 aliphatic rings. The zero-order valence-corrected chi connectivity index (χ0v) is 11.5. The first-order valence-corrected chi connectivity index (χ1v) is 6.19. The second-order valence-corrected chi connectivity index (χ2v) is 4.71. The highest BCUT2D eigenvalue weighted by molar-refractivity contribution is 5.92. The molecule has 7 heteroatoms. The van der Waals surface area contributed by atoms with Crippen LogP contribution in [0.3, 0.4) is 0 Å². The Kier molecular flexibility index (Phi) is 3.64. The molecule has 1 atom stereocenters. The minimum atomic E-state index is -0.218. The first-order chi connectivity index (χ1) is 8.99. The lowest BCUT2D eigenvalue weighted by Crippen LogP contribution is -2.29. The van der Waals surface area contributed by atoms with E-state index in [0.29, 0.717) is 11.5 Å². The number of hydrogen-bond acceptors (Lipinski definition) is 4. The maximum Gasteiger partial charge on any atom is 0.272 e. The van der Waals surface area contributed by atoms with Crippen molar-refractivity contribution in [2.24, 2.45) is 7.05 Å². The molecule has 102 valence electrons. The third-order valence-corrected chi connectivity index (χ3v) is 2.85. The molecule has 0 saturated heterocycles. The van der Waals surface area contributed by atoms with Crippen LogP contribution in [0.4, 0.5) is 0 Å². The Hall–Kier alpha value is -2.18. The van der Waals surface area contributed by atoms with E-state index in [4.69, 9.17) is 0 Å². The van der Waals surface area contributed by atoms with Gasteiger partial charge in [0.1, 0.15) is 17.8 Å². The highest BCUT2D eigenvalue weighted by Crippen LogP contribution is 2.09. The van der Waals surface area contributed by atoms with Crippen molar-refractivity contribution in [1.82, 2.24) is 29.9 Å². The summed E-state index contributed by atoms with van der Waals surface area (Å²) in [7, 11) is 1.79. The van der Waals surface area contributed by atoms with Crippen LogP contribution < -0.4 is 5.32 Å². The van der Waals surface area contributed by atoms with Crippen LogP contribution in [0.2, 0.25) is 0 Å². The molecular formula is C12H18N6O. The Morgan fingerprint density at radius 2 is 2.11 bits per heavy atom. The molecule has 2 aromatic rings. The number of amides is 1. The summed E-state index contributed by atoms with van der Waals surface area (Å²) in [6, 6.07) is 1.72. The number of nitrogens with one attached hydrogen (secondary N) is 1. The third-order valence-electron chi connectivity index (χ3n) is 2.85. The summed E-state index contributed by atoms with van der Waals surface area (Å²) in [5.41, 5.74) is 0.405. The first-order valence-electron chi connectivity index (χ1n) is 6.19. The lowest BCUT2D eigenvalue weighted by atomic mass is 10.3. The van der Waals surface area contributed by atoms with Crippen LogP contribution in [0.1, 0.15) is 49.2 Å². The maximum atomic E-state index is 12.1. The van der Waals surface area contributed by atoms with Crippen LogP contribution in [-0.4, -0.2) is 30.5 Å². The van der Waals surface area contributed by atoms with Gasteiger partial charge in [-0.1, -0.05) is 0 Å². The molecule has 2 rings (SSSR count). The number of carbonyl (C=O) groups excluding carboxylic acids is 1. The predicted molar refractivity (Wildman–Crippen MR) is 69.5 cm³/mol. The Labute approximate surface area is 111 Å². The van der Waals surface area contributed by atoms with E-state index < -0.39 is 0 Å². The minimum Gasteiger partial charge on any atom is -0.341 e. The number of carbonyl (C=O) groups is 1. The molecule has 0 aromatic carbocycles. The molecule has 2 aromatic heterocycles. The van der Waals surface area contributed by atoms with Gasteiger partial charge in [0.25, 0.3) is 5.91 Å². The fourth-order valence-corrected chi connectivity index (χ4v) is 1.78. The molecule has 0 bridgehead atoms. The fourth-order valence-electron chi connectivity index (χ4n) is 1.78. The zero-order chi connectivity index (χ0) is 14.0. The van der Waals surface area contributed by atoms with Gasteiger partial charge in [0.15, 0.2) is 0 Å². The largest absolute Gasteiger partial charge is 0.341 e. The minimum absolute atomic E-state index is 0.213. The van der Waals surface area contributed by atoms with E-state index in [0.717, 1.165) is 0 Å². The average Bonchev–Trinajstić information content (AvgIpc) is 2.96. The van der Waals surface area contributed by atoms with E-state index in [1.54, 1.807) is 28.7 Å². The van der Waals surface area contributed by atoms with Crippen LogP contribution in [0.25, 0.3) is 0 Å². The van der Waals surface area contributed by atoms with Crippen molar-refractivity contribution in [3.05, 3.63) is 30.1 Å². The maximum absolute atomic E-state index is 12.1. The second kappa shape index (κ2) is 5.21. The van der Waals surface area contributed by atoms with Crippen LogP contribution in [0.15, 0.2) is 18.6 Å². The summed E-state index contributed by atoms with van der Waals surface area (Å²) in [6.45, 7) is 5.88. The molecule has 0 unspecified atom stereocenters. The van der Waals surface area contributed by atoms with Gasteiger partial charge in [-0.25, -0.2) is 4.98 Å². The standard InChI is InChI=1S/C12H18N6O/c1-8(2)18-6-5-10(16-18)12(19)15-9(3)11-13-7-14-17(11)4/h5-9H,1-4H3,(H,15,19)/t9-/m1/s1. The highest BCUT2D eigenvalue weighted by Gasteiger charge is 2.17. The molecular weight excluding hydrogens is 244 g/mol. The van der Waals surface area contributed by atoms with Crippen molar-refractivity contribution in [3.8, 4) is 0 Å². The van der Waals surface area contributed by atoms with Crippen LogP contribution in [0.5, 0.6) is 0 Å². The third kappa shape index (κ3) is 2.81. The van der Waals surface area contributed by atoms with Crippen molar-refractivity contribution in [3.63, 3.8) is 0 Å². The van der Waals surface area contributed by atoms with Gasteiger partial charge >= 0.3 is 0 Å². The summed E-state index contributed by atoms with van der Waals surface area (Å²) < 4.78 is 3.39. The number of hydrogen-bond donors (Lipinski definition) is 1. The van der Waals surface area contributed by atoms with Gasteiger partial charge in [-0.3, -0.25) is 14.2 Å². The molecule has 7 nitrogen and oxygen atoms in total. The van der Waals surface area contributed by atoms with E-state index in [-0.39, 0.29) is 18.0 Å². The van der Waals surface area contributed by atoms with Gasteiger partial charge in [-0.15, -0.1) is 0 Å². The monoisotopic (exact) mass is 262 g/mol. The lowest BCUT2D eigenvalue weighted by molar-refractivity contribution is 0.0931. The smallest absolute Gasteiger partial charge is 0.272 e. The molecule has 2 heterocycles. The Morgan fingerprint density at radius 1 is 1.37 bits per heavy atom. The van der Waals surface area contributed by atoms with Crippen LogP contribution in [0, 0.1) is 0 Å². The number of rotatable bonds is 4. The van der Waals surface area contributed by atoms with Crippen molar-refractivity contribution in [1.29, 1.82) is 0 Å². The van der Waals surface area contributed by atoms with Gasteiger partial charge in [0.2, 0.25) is 0 Å². The molecule has 0 radical (unpaired) electrons. The summed E-state index contributed by atoms with van der Waals surface area (Å²) in [6.07, 6.45) is 3.26. The fraction of sp³-hybridized carbons (Fsp3) is 0.500. The van der Waals surface area contributed by atoms with Crippen molar-refractivity contribution in [2.75, 3.05) is 0 Å². The number of aryl methyl sites for hydroxylation is 1. The van der Waals surface area contributed by atoms with Crippen molar-refractivity contribution in [2.45, 2.75) is 32.9 Å². The normalized spacial score (nSPS) is 12.7. The number of nitrogens with zero attached hydrogens (tertiary/aromatic N) is 5. The molecule has 0 saturated carbocycles. The number of aromatic nitrogens is 5. The van der Waals surface area contributed by atoms with Crippen molar-refractivity contribution < 1.29 is 4.79 Å². The van der Waals surface area contributed by atoms with Crippen LogP contribution in [-0.2, 0) is 7.05 Å². The zero-order valence-electron chi connectivity index (χ0n) is 11.5. The van der Waals surface area contributed by atoms with Crippen molar-refractivity contribution >= 4 is 5.91 Å². The Balaban J connectivity index is 2.06. The van der Waals surface area contributed by atoms with E-state index >= 15 is 0 Å². The second-order valence-electron chi connectivity index (χ2n) is 4.71. The lowest BCUT2D eigenvalue weighted by Gasteiger charge is -2.11. The Bertz CT molecular complexity index is 570. The van der Waals surface area contributed by atoms with Gasteiger partial charge < -0.3 is 5.32 Å². The summed E-state index contributed by atoms with van der Waals surface area (Å²) >= 11 is 0. The molecule has 1 N–H and O–H groups in total. The summed E-state index contributed by atoms with van der Waals surface area (Å²) in [5, 5.41) is 11.1. The van der Waals surface area contributed by atoms with E-state index in [1.165, 1.54) is 6.33 Å². The molecule has 0 spiro atoms. The topological polar surface area (TPSA) is 77.6 Å². The predicted octanol–water partition coefficient (Wildman–Crippen LogP) is 1.08. The highest BCUT2D eigenvalue weighted by atomic mass is 16.2. The van der Waals surface area contributed by atoms with Gasteiger partial charge in [-0.2, -0.15) is 10.2 Å². The molecule has 1 amide bonds. The molecule has 0 fully saturated rings. The molecule has 0 aliphatic heterocycles. The molecule has 0 aliphatic carbocycles. The van der Waals surface area contributed by atoms with Gasteiger partial charge in [0.05, 0.1) is 6.04 Å². The SMILES string of the molecule is CC(C)n1ccc(C(=O)N[C@H](C)c2ncnn2C)n1. The average molecular weight is 262 g/mol. The van der Waals surface area contributed by atoms with Crippen LogP contribution >= 0.6 is 0 Å². The molecule has 19 heavy (non-hydrogen) atoms. The summed E-state index contributed by atoms with van der Waals surface area (Å²) in [5.74, 6) is 0.492. The van der Waals surface area contributed by atoms with Gasteiger partial charge in [-0.05, 0) is 26.8 Å². The van der Waals surface area contributed by atoms with E-state index in [2.05, 4.69) is 20.5 Å². The van der Waals surface area contributed by atoms with E-state index in [9.17, 15) is 4.79 Å². The summed E-state index contributed by atoms with van der Waals surface area (Å²) in [4.78, 5) is 16.2. The van der Waals surface area contributed by atoms with E-state index in [1.807, 2.05) is 20.8 Å². The van der Waals surface area contributed by atoms with Gasteiger partial charge in [0, 0.05) is 19.3 Å². The first kappa shape index (κ1) is 13.3. The Morgan fingerprint density at radius 3 is 2.63 bits per heavy atom.